The summed E-state index contributed by atoms with van der Waals surface area (Å²) in [5.74, 6) is -1.54. The van der Waals surface area contributed by atoms with Crippen molar-refractivity contribution in [3.8, 4) is 11.5 Å². The highest BCUT2D eigenvalue weighted by Gasteiger charge is 2.42. The molecule has 0 fully saturated rings. The van der Waals surface area contributed by atoms with E-state index in [2.05, 4.69) is 27.6 Å². The van der Waals surface area contributed by atoms with E-state index in [9.17, 15) is 18.0 Å². The van der Waals surface area contributed by atoms with E-state index in [1.54, 1.807) is 0 Å². The highest BCUT2D eigenvalue weighted by atomic mass is 127. The summed E-state index contributed by atoms with van der Waals surface area (Å²) in [7, 11) is 0. The maximum atomic E-state index is 12.7. The molecule has 0 radical (unpaired) electrons. The third kappa shape index (κ3) is 3.63. The molecule has 0 aliphatic rings. The first-order valence-corrected chi connectivity index (χ1v) is 8.42. The molecule has 0 saturated carbocycles. The number of hydrogen-bond acceptors (Lipinski definition) is 3. The van der Waals surface area contributed by atoms with Crippen molar-refractivity contribution in [1.29, 1.82) is 0 Å². The number of anilines is 1. The van der Waals surface area contributed by atoms with Crippen molar-refractivity contribution in [3.05, 3.63) is 46.0 Å². The van der Waals surface area contributed by atoms with Crippen LogP contribution in [-0.2, 0) is 4.79 Å². The minimum atomic E-state index is -4.93. The molecule has 0 saturated heterocycles. The van der Waals surface area contributed by atoms with E-state index in [-0.39, 0.29) is 12.2 Å². The first-order chi connectivity index (χ1) is 11.8. The predicted octanol–water partition coefficient (Wildman–Crippen LogP) is 5.01. The number of oxazole rings is 1. The van der Waals surface area contributed by atoms with Crippen LogP contribution < -0.4 is 4.90 Å². The molecule has 3 aromatic rings. The number of rotatable bonds is 3. The van der Waals surface area contributed by atoms with Crippen LogP contribution in [0.2, 0.25) is 0 Å². The maximum absolute atomic E-state index is 12.7. The SMILES string of the molecule is CCN(C(=O)C(F)(F)F)c1ccc2oc(-c3ccc(I)cc3)nc2c1. The first-order valence-electron chi connectivity index (χ1n) is 7.35. The average Bonchev–Trinajstić information content (AvgIpc) is 2.98. The molecule has 0 aliphatic heterocycles. The normalized spacial score (nSPS) is 11.7. The summed E-state index contributed by atoms with van der Waals surface area (Å²) in [6, 6.07) is 11.8. The molecular weight excluding hydrogens is 448 g/mol. The van der Waals surface area contributed by atoms with E-state index in [1.807, 2.05) is 24.3 Å². The molecule has 25 heavy (non-hydrogen) atoms. The van der Waals surface area contributed by atoms with Crippen LogP contribution in [0.25, 0.3) is 22.6 Å². The lowest BCUT2D eigenvalue weighted by atomic mass is 10.2. The zero-order valence-corrected chi connectivity index (χ0v) is 15.1. The van der Waals surface area contributed by atoms with Crippen LogP contribution >= 0.6 is 22.6 Å². The van der Waals surface area contributed by atoms with Gasteiger partial charge < -0.3 is 9.32 Å². The van der Waals surface area contributed by atoms with Crippen molar-refractivity contribution in [2.24, 2.45) is 0 Å². The highest BCUT2D eigenvalue weighted by molar-refractivity contribution is 14.1. The summed E-state index contributed by atoms with van der Waals surface area (Å²) in [4.78, 5) is 16.5. The molecule has 3 rings (SSSR count). The fourth-order valence-corrected chi connectivity index (χ4v) is 2.76. The minimum absolute atomic E-state index is 0.105. The fraction of sp³-hybridized carbons (Fsp3) is 0.176. The summed E-state index contributed by atoms with van der Waals surface area (Å²) in [6.45, 7) is 1.37. The largest absolute Gasteiger partial charge is 0.471 e. The van der Waals surface area contributed by atoms with Crippen molar-refractivity contribution in [2.45, 2.75) is 13.1 Å². The third-order valence-electron chi connectivity index (χ3n) is 3.58. The van der Waals surface area contributed by atoms with Crippen LogP contribution in [0.3, 0.4) is 0 Å². The predicted molar refractivity (Wildman–Crippen MR) is 96.2 cm³/mol. The quantitative estimate of drug-likeness (QED) is 0.517. The Labute approximate surface area is 154 Å². The smallest absolute Gasteiger partial charge is 0.436 e. The van der Waals surface area contributed by atoms with Crippen molar-refractivity contribution < 1.29 is 22.4 Å². The van der Waals surface area contributed by atoms with E-state index in [0.29, 0.717) is 21.9 Å². The number of hydrogen-bond donors (Lipinski definition) is 0. The Morgan fingerprint density at radius 2 is 1.88 bits per heavy atom. The van der Waals surface area contributed by atoms with Crippen LogP contribution in [0.15, 0.2) is 46.9 Å². The molecule has 0 atom stereocenters. The second-order valence-corrected chi connectivity index (χ2v) is 6.47. The molecule has 1 amide bonds. The van der Waals surface area contributed by atoms with Gasteiger partial charge in [-0.3, -0.25) is 4.79 Å². The van der Waals surface area contributed by atoms with Gasteiger partial charge in [-0.1, -0.05) is 0 Å². The molecule has 130 valence electrons. The molecule has 0 bridgehead atoms. The molecule has 1 aromatic heterocycles. The topological polar surface area (TPSA) is 46.3 Å². The summed E-state index contributed by atoms with van der Waals surface area (Å²) in [5, 5.41) is 0. The van der Waals surface area contributed by atoms with Gasteiger partial charge in [0.25, 0.3) is 0 Å². The lowest BCUT2D eigenvalue weighted by Crippen LogP contribution is -2.41. The second-order valence-electron chi connectivity index (χ2n) is 5.23. The second kappa shape index (κ2) is 6.66. The van der Waals surface area contributed by atoms with Crippen LogP contribution in [0.4, 0.5) is 18.9 Å². The summed E-state index contributed by atoms with van der Waals surface area (Å²) < 4.78 is 44.9. The number of halogens is 4. The van der Waals surface area contributed by atoms with Crippen molar-refractivity contribution >= 4 is 45.3 Å². The first kappa shape index (κ1) is 17.7. The van der Waals surface area contributed by atoms with Gasteiger partial charge in [-0.25, -0.2) is 4.98 Å². The Balaban J connectivity index is 2.00. The fourth-order valence-electron chi connectivity index (χ4n) is 2.40. The van der Waals surface area contributed by atoms with Crippen LogP contribution in [0, 0.1) is 3.57 Å². The van der Waals surface area contributed by atoms with Gasteiger partial charge in [0.05, 0.1) is 0 Å². The van der Waals surface area contributed by atoms with Gasteiger partial charge >= 0.3 is 12.1 Å². The third-order valence-corrected chi connectivity index (χ3v) is 4.30. The zero-order chi connectivity index (χ0) is 18.2. The molecule has 1 heterocycles. The van der Waals surface area contributed by atoms with Crippen LogP contribution in [-0.4, -0.2) is 23.6 Å². The number of nitrogens with zero attached hydrogens (tertiary/aromatic N) is 2. The van der Waals surface area contributed by atoms with Gasteiger partial charge in [0.1, 0.15) is 5.52 Å². The van der Waals surface area contributed by atoms with Crippen molar-refractivity contribution in [3.63, 3.8) is 0 Å². The molecule has 0 spiro atoms. The van der Waals surface area contributed by atoms with Crippen molar-refractivity contribution in [2.75, 3.05) is 11.4 Å². The Morgan fingerprint density at radius 3 is 2.48 bits per heavy atom. The van der Waals surface area contributed by atoms with E-state index < -0.39 is 12.1 Å². The van der Waals surface area contributed by atoms with Crippen LogP contribution in [0.5, 0.6) is 0 Å². The molecule has 8 heteroatoms. The van der Waals surface area contributed by atoms with Crippen LogP contribution in [0.1, 0.15) is 6.92 Å². The highest BCUT2D eigenvalue weighted by Crippen LogP contribution is 2.29. The van der Waals surface area contributed by atoms with Gasteiger partial charge in [0.15, 0.2) is 5.58 Å². The zero-order valence-electron chi connectivity index (χ0n) is 13.0. The Hall–Kier alpha value is -2.10. The number of carbonyl (C=O) groups is 1. The van der Waals surface area contributed by atoms with Gasteiger partial charge in [0, 0.05) is 21.4 Å². The molecule has 4 nitrogen and oxygen atoms in total. The standard InChI is InChI=1S/C17H12F3IN2O2/c1-2-23(16(24)17(18,19)20)12-7-8-14-13(9-12)22-15(25-14)10-3-5-11(21)6-4-10/h3-9H,2H2,1H3. The lowest BCUT2D eigenvalue weighted by Gasteiger charge is -2.21. The molecule has 2 aromatic carbocycles. The van der Waals surface area contributed by atoms with Gasteiger partial charge in [0.2, 0.25) is 5.89 Å². The Bertz CT molecular complexity index is 920. The number of aromatic nitrogens is 1. The number of fused-ring (bicyclic) bond motifs is 1. The lowest BCUT2D eigenvalue weighted by molar-refractivity contribution is -0.170. The number of carbonyl (C=O) groups excluding carboxylic acids is 1. The van der Waals surface area contributed by atoms with E-state index >= 15 is 0 Å². The van der Waals surface area contributed by atoms with E-state index in [0.717, 1.165) is 9.13 Å². The van der Waals surface area contributed by atoms with Crippen molar-refractivity contribution in [1.82, 2.24) is 4.98 Å². The maximum Gasteiger partial charge on any atom is 0.471 e. The monoisotopic (exact) mass is 460 g/mol. The minimum Gasteiger partial charge on any atom is -0.436 e. The van der Waals surface area contributed by atoms with E-state index in [1.165, 1.54) is 25.1 Å². The van der Waals surface area contributed by atoms with Gasteiger partial charge in [-0.15, -0.1) is 0 Å². The number of alkyl halides is 3. The Kier molecular flexibility index (Phi) is 4.72. The molecule has 0 N–H and O–H groups in total. The summed E-state index contributed by atoms with van der Waals surface area (Å²) in [5.41, 5.74) is 1.71. The van der Waals surface area contributed by atoms with Gasteiger partial charge in [-0.05, 0) is 72.0 Å². The molecule has 0 unspecified atom stereocenters. The van der Waals surface area contributed by atoms with E-state index in [4.69, 9.17) is 4.42 Å². The number of amides is 1. The molecule has 0 aliphatic carbocycles. The van der Waals surface area contributed by atoms with Gasteiger partial charge in [-0.2, -0.15) is 13.2 Å². The summed E-state index contributed by atoms with van der Waals surface area (Å²) >= 11 is 2.18. The molecular formula is C17H12F3IN2O2. The number of benzene rings is 2. The summed E-state index contributed by atoms with van der Waals surface area (Å²) in [6.07, 6.45) is -4.93. The Morgan fingerprint density at radius 1 is 1.20 bits per heavy atom. The average molecular weight is 460 g/mol.